The SMILES string of the molecule is Cc1cc(Br)ccc1NCC(O)c1ccco1. The Morgan fingerprint density at radius 1 is 1.41 bits per heavy atom. The van der Waals surface area contributed by atoms with Gasteiger partial charge in [-0.1, -0.05) is 15.9 Å². The van der Waals surface area contributed by atoms with Crippen molar-refractivity contribution >= 4 is 21.6 Å². The number of benzene rings is 1. The molecule has 0 saturated heterocycles. The summed E-state index contributed by atoms with van der Waals surface area (Å²) in [5, 5.41) is 13.0. The molecule has 1 aromatic heterocycles. The Labute approximate surface area is 109 Å². The predicted octanol–water partition coefficient (Wildman–Crippen LogP) is 3.50. The molecule has 0 aliphatic rings. The Kier molecular flexibility index (Phi) is 3.86. The third kappa shape index (κ3) is 3.11. The largest absolute Gasteiger partial charge is 0.467 e. The van der Waals surface area contributed by atoms with Crippen molar-refractivity contribution in [1.29, 1.82) is 0 Å². The molecule has 17 heavy (non-hydrogen) atoms. The van der Waals surface area contributed by atoms with Crippen LogP contribution in [0, 0.1) is 6.92 Å². The molecular weight excluding hydrogens is 282 g/mol. The Morgan fingerprint density at radius 3 is 2.88 bits per heavy atom. The van der Waals surface area contributed by atoms with Crippen LogP contribution in [0.25, 0.3) is 0 Å². The van der Waals surface area contributed by atoms with Gasteiger partial charge in [0.1, 0.15) is 11.9 Å². The van der Waals surface area contributed by atoms with E-state index in [0.717, 1.165) is 15.7 Å². The van der Waals surface area contributed by atoms with Crippen molar-refractivity contribution in [2.45, 2.75) is 13.0 Å². The molecule has 90 valence electrons. The van der Waals surface area contributed by atoms with Gasteiger partial charge in [0.05, 0.1) is 6.26 Å². The Hall–Kier alpha value is -1.26. The first kappa shape index (κ1) is 12.2. The van der Waals surface area contributed by atoms with Crippen LogP contribution in [0.1, 0.15) is 17.4 Å². The minimum absolute atomic E-state index is 0.427. The number of aryl methyl sites for hydroxylation is 1. The number of hydrogen-bond acceptors (Lipinski definition) is 3. The van der Waals surface area contributed by atoms with Gasteiger partial charge < -0.3 is 14.8 Å². The van der Waals surface area contributed by atoms with E-state index in [0.29, 0.717) is 12.3 Å². The van der Waals surface area contributed by atoms with E-state index < -0.39 is 6.10 Å². The van der Waals surface area contributed by atoms with Crippen molar-refractivity contribution in [2.24, 2.45) is 0 Å². The number of anilines is 1. The highest BCUT2D eigenvalue weighted by molar-refractivity contribution is 9.10. The molecule has 2 rings (SSSR count). The molecule has 0 spiro atoms. The van der Waals surface area contributed by atoms with Gasteiger partial charge >= 0.3 is 0 Å². The monoisotopic (exact) mass is 295 g/mol. The van der Waals surface area contributed by atoms with Crippen LogP contribution in [0.5, 0.6) is 0 Å². The third-order valence-electron chi connectivity index (χ3n) is 2.55. The first-order chi connectivity index (χ1) is 8.16. The molecule has 2 N–H and O–H groups in total. The lowest BCUT2D eigenvalue weighted by Crippen LogP contribution is -2.12. The van der Waals surface area contributed by atoms with Gasteiger partial charge in [0.2, 0.25) is 0 Å². The number of hydrogen-bond donors (Lipinski definition) is 2. The first-order valence-corrected chi connectivity index (χ1v) is 6.17. The third-order valence-corrected chi connectivity index (χ3v) is 3.04. The highest BCUT2D eigenvalue weighted by Gasteiger charge is 2.10. The minimum atomic E-state index is -0.631. The molecule has 0 aliphatic heterocycles. The molecule has 0 radical (unpaired) electrons. The zero-order valence-corrected chi connectivity index (χ0v) is 11.1. The van der Waals surface area contributed by atoms with Crippen LogP contribution in [0.4, 0.5) is 5.69 Å². The van der Waals surface area contributed by atoms with Crippen LogP contribution in [0.3, 0.4) is 0 Å². The van der Waals surface area contributed by atoms with Crippen molar-refractivity contribution in [3.05, 3.63) is 52.4 Å². The lowest BCUT2D eigenvalue weighted by atomic mass is 10.2. The number of aliphatic hydroxyl groups is 1. The standard InChI is InChI=1S/C13H14BrNO2/c1-9-7-10(14)4-5-11(9)15-8-12(16)13-3-2-6-17-13/h2-7,12,15-16H,8H2,1H3. The number of nitrogens with one attached hydrogen (secondary N) is 1. The minimum Gasteiger partial charge on any atom is -0.467 e. The van der Waals surface area contributed by atoms with Crippen molar-refractivity contribution < 1.29 is 9.52 Å². The molecule has 0 fully saturated rings. The Bertz CT molecular complexity index is 482. The van der Waals surface area contributed by atoms with Crippen LogP contribution >= 0.6 is 15.9 Å². The van der Waals surface area contributed by atoms with E-state index in [-0.39, 0.29) is 0 Å². The van der Waals surface area contributed by atoms with Crippen LogP contribution in [-0.2, 0) is 0 Å². The Morgan fingerprint density at radius 2 is 2.24 bits per heavy atom. The van der Waals surface area contributed by atoms with Crippen molar-refractivity contribution in [2.75, 3.05) is 11.9 Å². The molecule has 1 atom stereocenters. The second-order valence-corrected chi connectivity index (χ2v) is 4.79. The first-order valence-electron chi connectivity index (χ1n) is 5.38. The number of rotatable bonds is 4. The van der Waals surface area contributed by atoms with Crippen molar-refractivity contribution in [1.82, 2.24) is 0 Å². The maximum atomic E-state index is 9.85. The van der Waals surface area contributed by atoms with Crippen LogP contribution in [0.15, 0.2) is 45.5 Å². The van der Waals surface area contributed by atoms with E-state index in [4.69, 9.17) is 4.42 Å². The maximum absolute atomic E-state index is 9.85. The van der Waals surface area contributed by atoms with E-state index in [1.54, 1.807) is 18.4 Å². The van der Waals surface area contributed by atoms with E-state index in [1.807, 2.05) is 25.1 Å². The number of furan rings is 1. The van der Waals surface area contributed by atoms with E-state index in [9.17, 15) is 5.11 Å². The molecule has 1 unspecified atom stereocenters. The van der Waals surface area contributed by atoms with Gasteiger partial charge in [-0.3, -0.25) is 0 Å². The molecule has 3 nitrogen and oxygen atoms in total. The zero-order valence-electron chi connectivity index (χ0n) is 9.48. The van der Waals surface area contributed by atoms with Gasteiger partial charge in [-0.15, -0.1) is 0 Å². The van der Waals surface area contributed by atoms with Gasteiger partial charge in [0.25, 0.3) is 0 Å². The summed E-state index contributed by atoms with van der Waals surface area (Å²) in [6.45, 7) is 2.45. The average Bonchev–Trinajstić information content (AvgIpc) is 2.81. The molecule has 0 saturated carbocycles. The smallest absolute Gasteiger partial charge is 0.134 e. The van der Waals surface area contributed by atoms with Crippen molar-refractivity contribution in [3.63, 3.8) is 0 Å². The zero-order chi connectivity index (χ0) is 12.3. The molecule has 0 amide bonds. The van der Waals surface area contributed by atoms with Gasteiger partial charge in [-0.05, 0) is 42.8 Å². The summed E-state index contributed by atoms with van der Waals surface area (Å²) in [6, 6.07) is 9.51. The molecule has 0 bridgehead atoms. The highest BCUT2D eigenvalue weighted by atomic mass is 79.9. The fourth-order valence-corrected chi connectivity index (χ4v) is 2.09. The highest BCUT2D eigenvalue weighted by Crippen LogP contribution is 2.21. The van der Waals surface area contributed by atoms with Gasteiger partial charge in [-0.2, -0.15) is 0 Å². The summed E-state index contributed by atoms with van der Waals surface area (Å²) in [5.41, 5.74) is 2.14. The molecule has 1 aromatic carbocycles. The molecule has 1 heterocycles. The second kappa shape index (κ2) is 5.38. The second-order valence-electron chi connectivity index (χ2n) is 3.87. The quantitative estimate of drug-likeness (QED) is 0.907. The topological polar surface area (TPSA) is 45.4 Å². The molecule has 2 aromatic rings. The van der Waals surface area contributed by atoms with Gasteiger partial charge in [-0.25, -0.2) is 0 Å². The lowest BCUT2D eigenvalue weighted by Gasteiger charge is -2.12. The van der Waals surface area contributed by atoms with Crippen LogP contribution in [0.2, 0.25) is 0 Å². The summed E-state index contributed by atoms with van der Waals surface area (Å²) in [4.78, 5) is 0. The summed E-state index contributed by atoms with van der Waals surface area (Å²) >= 11 is 3.42. The van der Waals surface area contributed by atoms with E-state index >= 15 is 0 Å². The van der Waals surface area contributed by atoms with E-state index in [1.165, 1.54) is 0 Å². The molecule has 4 heteroatoms. The number of halogens is 1. The fourth-order valence-electron chi connectivity index (χ4n) is 1.61. The lowest BCUT2D eigenvalue weighted by molar-refractivity contribution is 0.162. The predicted molar refractivity (Wildman–Crippen MR) is 71.0 cm³/mol. The maximum Gasteiger partial charge on any atom is 0.134 e. The average molecular weight is 296 g/mol. The fraction of sp³-hybridized carbons (Fsp3) is 0.231. The van der Waals surface area contributed by atoms with Crippen LogP contribution in [-0.4, -0.2) is 11.7 Å². The molecular formula is C13H14BrNO2. The summed E-state index contributed by atoms with van der Waals surface area (Å²) in [7, 11) is 0. The number of aliphatic hydroxyl groups excluding tert-OH is 1. The summed E-state index contributed by atoms with van der Waals surface area (Å²) in [5.74, 6) is 0.576. The van der Waals surface area contributed by atoms with Crippen molar-refractivity contribution in [3.8, 4) is 0 Å². The molecule has 0 aliphatic carbocycles. The van der Waals surface area contributed by atoms with Crippen LogP contribution < -0.4 is 5.32 Å². The normalized spacial score (nSPS) is 12.4. The Balaban J connectivity index is 1.98. The summed E-state index contributed by atoms with van der Waals surface area (Å²) in [6.07, 6.45) is 0.928. The van der Waals surface area contributed by atoms with Gasteiger partial charge in [0.15, 0.2) is 0 Å². The van der Waals surface area contributed by atoms with E-state index in [2.05, 4.69) is 21.2 Å². The summed E-state index contributed by atoms with van der Waals surface area (Å²) < 4.78 is 6.18. The van der Waals surface area contributed by atoms with Gasteiger partial charge in [0, 0.05) is 16.7 Å².